The number of thiophene rings is 1. The first kappa shape index (κ1) is 29.4. The van der Waals surface area contributed by atoms with Gasteiger partial charge in [-0.2, -0.15) is 0 Å². The second-order valence-corrected chi connectivity index (χ2v) is 15.4. The van der Waals surface area contributed by atoms with Crippen molar-refractivity contribution in [3.8, 4) is 11.3 Å². The molecule has 3 unspecified atom stereocenters. The van der Waals surface area contributed by atoms with Crippen LogP contribution in [0.3, 0.4) is 0 Å². The van der Waals surface area contributed by atoms with Crippen molar-refractivity contribution in [1.29, 1.82) is 0 Å². The fourth-order valence-electron chi connectivity index (χ4n) is 8.03. The van der Waals surface area contributed by atoms with E-state index in [0.29, 0.717) is 18.5 Å². The molecule has 3 N–H and O–H groups in total. The van der Waals surface area contributed by atoms with Gasteiger partial charge in [-0.1, -0.05) is 38.0 Å². The molecule has 2 amide bonds. The highest BCUT2D eigenvalue weighted by atomic mass is 32.1. The maximum absolute atomic E-state index is 13.1. The average Bonchev–Trinajstić information content (AvgIpc) is 3.76. The first-order valence-electron chi connectivity index (χ1n) is 16.1. The molecule has 8 heteroatoms. The van der Waals surface area contributed by atoms with E-state index in [-0.39, 0.29) is 35.0 Å². The second kappa shape index (κ2) is 11.2. The molecule has 4 aromatic rings. The molecule has 232 valence electrons. The van der Waals surface area contributed by atoms with Gasteiger partial charge in [-0.15, -0.1) is 11.3 Å². The molecule has 44 heavy (non-hydrogen) atoms. The lowest BCUT2D eigenvalue weighted by atomic mass is 9.77. The number of amides is 2. The predicted molar refractivity (Wildman–Crippen MR) is 176 cm³/mol. The molecule has 2 saturated heterocycles. The molecule has 1 aliphatic carbocycles. The van der Waals surface area contributed by atoms with Crippen LogP contribution in [0, 0.1) is 31.6 Å². The predicted octanol–water partition coefficient (Wildman–Crippen LogP) is 6.65. The Hall–Kier alpha value is -3.36. The zero-order valence-electron chi connectivity index (χ0n) is 26.5. The minimum atomic E-state index is -0.0380. The Morgan fingerprint density at radius 2 is 1.93 bits per heavy atom. The summed E-state index contributed by atoms with van der Waals surface area (Å²) >= 11 is 1.85. The van der Waals surface area contributed by atoms with Gasteiger partial charge in [-0.3, -0.25) is 14.5 Å². The van der Waals surface area contributed by atoms with Gasteiger partial charge in [0.25, 0.3) is 0 Å². The number of rotatable bonds is 10. The lowest BCUT2D eigenvalue weighted by Crippen LogP contribution is -2.53. The molecule has 3 aromatic heterocycles. The number of aromatic nitrogens is 1. The SMILES string of the molecule is Cc1cc(C)cc(-c2[nH]c3sc(C(C)(C)CC4C5CCC4C(=O)N5)cc3c2[C@H](C)CNC(=O)C2CN(Cc3ccoc3)C2)c1. The van der Waals surface area contributed by atoms with Crippen molar-refractivity contribution in [2.24, 2.45) is 17.8 Å². The summed E-state index contributed by atoms with van der Waals surface area (Å²) in [5, 5.41) is 7.77. The van der Waals surface area contributed by atoms with Crippen molar-refractivity contribution in [3.63, 3.8) is 0 Å². The number of furan rings is 1. The largest absolute Gasteiger partial charge is 0.472 e. The number of fused-ring (bicyclic) bond motifs is 3. The van der Waals surface area contributed by atoms with E-state index in [2.05, 4.69) is 79.4 Å². The number of carbonyl (C=O) groups excluding carboxylic acids is 2. The summed E-state index contributed by atoms with van der Waals surface area (Å²) < 4.78 is 5.19. The summed E-state index contributed by atoms with van der Waals surface area (Å²) in [7, 11) is 0. The number of carbonyl (C=O) groups is 2. The van der Waals surface area contributed by atoms with Gasteiger partial charge in [-0.05, 0) is 79.8 Å². The molecule has 1 aromatic carbocycles. The molecule has 5 heterocycles. The number of H-pyrrole nitrogens is 1. The molecular formula is C36H44N4O3S. The van der Waals surface area contributed by atoms with Crippen molar-refractivity contribution in [2.75, 3.05) is 19.6 Å². The molecule has 0 radical (unpaired) electrons. The lowest BCUT2D eigenvalue weighted by Gasteiger charge is -2.38. The van der Waals surface area contributed by atoms with Crippen LogP contribution in [0.5, 0.6) is 0 Å². The van der Waals surface area contributed by atoms with E-state index >= 15 is 0 Å². The van der Waals surface area contributed by atoms with E-state index in [4.69, 9.17) is 4.42 Å². The molecule has 7 nitrogen and oxygen atoms in total. The van der Waals surface area contributed by atoms with Crippen molar-refractivity contribution in [1.82, 2.24) is 20.5 Å². The number of benzene rings is 1. The zero-order chi connectivity index (χ0) is 30.7. The Morgan fingerprint density at radius 3 is 2.59 bits per heavy atom. The van der Waals surface area contributed by atoms with Crippen LogP contribution >= 0.6 is 11.3 Å². The monoisotopic (exact) mass is 612 g/mol. The molecule has 2 aliphatic heterocycles. The molecule has 2 bridgehead atoms. The fraction of sp³-hybridized carbons (Fsp3) is 0.500. The number of nitrogens with zero attached hydrogens (tertiary/aromatic N) is 1. The summed E-state index contributed by atoms with van der Waals surface area (Å²) in [6, 6.07) is 11.4. The first-order chi connectivity index (χ1) is 21.1. The number of aromatic amines is 1. The fourth-order valence-corrected chi connectivity index (χ4v) is 9.22. The average molecular weight is 613 g/mol. The molecule has 3 fully saturated rings. The Morgan fingerprint density at radius 1 is 1.16 bits per heavy atom. The Bertz CT molecular complexity index is 1670. The molecular weight excluding hydrogens is 568 g/mol. The van der Waals surface area contributed by atoms with E-state index in [1.54, 1.807) is 12.5 Å². The first-order valence-corrected chi connectivity index (χ1v) is 16.9. The number of piperidine rings is 1. The molecule has 7 rings (SSSR count). The number of likely N-dealkylation sites (tertiary alicyclic amines) is 1. The van der Waals surface area contributed by atoms with Gasteiger partial charge in [0, 0.05) is 59.9 Å². The van der Waals surface area contributed by atoms with Crippen LogP contribution < -0.4 is 10.6 Å². The van der Waals surface area contributed by atoms with Crippen LogP contribution in [0.2, 0.25) is 0 Å². The van der Waals surface area contributed by atoms with Crippen LogP contribution in [-0.2, 0) is 21.5 Å². The van der Waals surface area contributed by atoms with Gasteiger partial charge in [0.1, 0.15) is 4.83 Å². The maximum atomic E-state index is 13.1. The van der Waals surface area contributed by atoms with Gasteiger partial charge in [0.15, 0.2) is 0 Å². The molecule has 4 atom stereocenters. The van der Waals surface area contributed by atoms with E-state index < -0.39 is 0 Å². The van der Waals surface area contributed by atoms with Crippen molar-refractivity contribution >= 4 is 33.4 Å². The highest BCUT2D eigenvalue weighted by molar-refractivity contribution is 7.18. The summed E-state index contributed by atoms with van der Waals surface area (Å²) in [6.07, 6.45) is 6.61. The smallest absolute Gasteiger partial charge is 0.225 e. The van der Waals surface area contributed by atoms with Gasteiger partial charge >= 0.3 is 0 Å². The Labute approximate surface area is 263 Å². The quantitative estimate of drug-likeness (QED) is 0.187. The van der Waals surface area contributed by atoms with Crippen molar-refractivity contribution in [3.05, 3.63) is 70.0 Å². The Kier molecular flexibility index (Phi) is 7.48. The number of hydrogen-bond donors (Lipinski definition) is 3. The third-order valence-corrected chi connectivity index (χ3v) is 11.7. The zero-order valence-corrected chi connectivity index (χ0v) is 27.3. The number of aryl methyl sites for hydroxylation is 2. The van der Waals surface area contributed by atoms with Crippen LogP contribution in [0.25, 0.3) is 21.5 Å². The summed E-state index contributed by atoms with van der Waals surface area (Å²) in [4.78, 5) is 34.2. The van der Waals surface area contributed by atoms with Gasteiger partial charge in [-0.25, -0.2) is 0 Å². The second-order valence-electron chi connectivity index (χ2n) is 14.4. The number of nitrogens with one attached hydrogen (secondary N) is 3. The van der Waals surface area contributed by atoms with Crippen LogP contribution in [-0.4, -0.2) is 47.4 Å². The molecule has 3 aliphatic rings. The normalized spacial score (nSPS) is 22.8. The lowest BCUT2D eigenvalue weighted by molar-refractivity contribution is -0.130. The van der Waals surface area contributed by atoms with Crippen molar-refractivity contribution in [2.45, 2.75) is 77.8 Å². The van der Waals surface area contributed by atoms with Gasteiger partial charge in [0.05, 0.1) is 24.1 Å². The van der Waals surface area contributed by atoms with Crippen molar-refractivity contribution < 1.29 is 14.0 Å². The summed E-state index contributed by atoms with van der Waals surface area (Å²) in [5.41, 5.74) is 7.22. The Balaban J connectivity index is 1.12. The molecule has 1 saturated carbocycles. The highest BCUT2D eigenvalue weighted by Crippen LogP contribution is 2.48. The van der Waals surface area contributed by atoms with E-state index in [1.807, 2.05) is 17.4 Å². The summed E-state index contributed by atoms with van der Waals surface area (Å²) in [6.45, 7) is 14.2. The van der Waals surface area contributed by atoms with Crippen LogP contribution in [0.4, 0.5) is 0 Å². The summed E-state index contributed by atoms with van der Waals surface area (Å²) in [5.74, 6) is 1.14. The van der Waals surface area contributed by atoms with Gasteiger partial charge in [0.2, 0.25) is 11.8 Å². The van der Waals surface area contributed by atoms with Gasteiger partial charge < -0.3 is 20.0 Å². The van der Waals surface area contributed by atoms with Crippen LogP contribution in [0.15, 0.2) is 47.3 Å². The van der Waals surface area contributed by atoms with E-state index in [0.717, 1.165) is 50.2 Å². The minimum absolute atomic E-state index is 0.0278. The van der Waals surface area contributed by atoms with Crippen LogP contribution in [0.1, 0.15) is 73.1 Å². The van der Waals surface area contributed by atoms with E-state index in [1.165, 1.54) is 37.3 Å². The van der Waals surface area contributed by atoms with E-state index in [9.17, 15) is 9.59 Å². The highest BCUT2D eigenvalue weighted by Gasteiger charge is 2.49. The topological polar surface area (TPSA) is 90.4 Å². The number of hydrogen-bond acceptors (Lipinski definition) is 5. The standard InChI is InChI=1S/C36H44N4O3S/c1-20-10-21(2)12-24(11-20)32-31(22(3)15-37-33(41)25-17-40(18-25)16-23-8-9-43-19-23)27-13-30(44-35(27)39-32)36(4,5)14-28-26-6-7-29(28)38-34(26)42/h8-13,19,22,25-26,28-29,39H,6-7,14-18H2,1-5H3,(H,37,41)(H,38,42)/t22-,26?,28?,29?/m1/s1. The maximum Gasteiger partial charge on any atom is 0.225 e. The third kappa shape index (κ3) is 5.40. The molecule has 0 spiro atoms. The minimum Gasteiger partial charge on any atom is -0.472 e. The third-order valence-electron chi connectivity index (χ3n) is 10.3.